The number of nitrogens with one attached hydrogen (secondary N) is 1. The smallest absolute Gasteiger partial charge is 0.349 e. The van der Waals surface area contributed by atoms with Crippen molar-refractivity contribution in [3.8, 4) is 0 Å². The van der Waals surface area contributed by atoms with Gasteiger partial charge < -0.3 is 19.9 Å². The number of carbonyl (C=O) groups is 2. The van der Waals surface area contributed by atoms with Crippen LogP contribution < -0.4 is 10.9 Å². The van der Waals surface area contributed by atoms with Crippen molar-refractivity contribution in [1.29, 1.82) is 0 Å². The van der Waals surface area contributed by atoms with Crippen LogP contribution in [0.1, 0.15) is 10.4 Å². The summed E-state index contributed by atoms with van der Waals surface area (Å²) in [6, 6.07) is 8.02. The van der Waals surface area contributed by atoms with E-state index in [-0.39, 0.29) is 5.56 Å². The number of rotatable bonds is 4. The van der Waals surface area contributed by atoms with E-state index in [1.807, 2.05) is 0 Å². The molecule has 0 bridgehead atoms. The third-order valence-corrected chi connectivity index (χ3v) is 2.63. The molecule has 7 nitrogen and oxygen atoms in total. The highest BCUT2D eigenvalue weighted by molar-refractivity contribution is 5.96. The molecule has 1 aromatic carbocycles. The van der Waals surface area contributed by atoms with Gasteiger partial charge in [0.1, 0.15) is 11.1 Å². The summed E-state index contributed by atoms with van der Waals surface area (Å²) in [7, 11) is 0. The summed E-state index contributed by atoms with van der Waals surface area (Å²) < 4.78 is 4.97. The third kappa shape index (κ3) is 2.83. The molecule has 1 amide bonds. The number of amides is 1. The van der Waals surface area contributed by atoms with E-state index in [2.05, 4.69) is 5.32 Å². The fourth-order valence-electron chi connectivity index (χ4n) is 1.59. The largest absolute Gasteiger partial charge is 0.479 e. The number of carboxylic acids is 1. The maximum absolute atomic E-state index is 11.8. The number of carboxylic acid groups (broad SMARTS) is 1. The van der Waals surface area contributed by atoms with Crippen molar-refractivity contribution in [2.24, 2.45) is 0 Å². The number of para-hydroxylation sites is 1. The van der Waals surface area contributed by atoms with Crippen molar-refractivity contribution < 1.29 is 24.2 Å². The molecule has 0 spiro atoms. The third-order valence-electron chi connectivity index (χ3n) is 2.63. The van der Waals surface area contributed by atoms with Crippen LogP contribution in [0.2, 0.25) is 0 Å². The van der Waals surface area contributed by atoms with Crippen LogP contribution in [0.15, 0.2) is 39.5 Å². The number of benzene rings is 1. The average Bonchev–Trinajstić information content (AvgIpc) is 2.43. The van der Waals surface area contributed by atoms with E-state index >= 15 is 0 Å². The summed E-state index contributed by atoms with van der Waals surface area (Å²) in [5, 5.41) is 20.2. The van der Waals surface area contributed by atoms with Crippen molar-refractivity contribution in [3.05, 3.63) is 46.3 Å². The second-order valence-corrected chi connectivity index (χ2v) is 4.05. The second kappa shape index (κ2) is 5.54. The van der Waals surface area contributed by atoms with Gasteiger partial charge in [-0.15, -0.1) is 0 Å². The van der Waals surface area contributed by atoms with E-state index in [1.54, 1.807) is 24.3 Å². The van der Waals surface area contributed by atoms with Gasteiger partial charge in [-0.2, -0.15) is 0 Å². The van der Waals surface area contributed by atoms with Gasteiger partial charge in [-0.1, -0.05) is 18.2 Å². The fraction of sp³-hybridized carbons (Fsp3) is 0.154. The molecule has 0 unspecified atom stereocenters. The van der Waals surface area contributed by atoms with Gasteiger partial charge in [0, 0.05) is 5.39 Å². The lowest BCUT2D eigenvalue weighted by molar-refractivity contribution is -0.146. The minimum atomic E-state index is -1.73. The van der Waals surface area contributed by atoms with Crippen molar-refractivity contribution in [2.45, 2.75) is 6.10 Å². The van der Waals surface area contributed by atoms with Crippen LogP contribution in [-0.4, -0.2) is 34.7 Å². The van der Waals surface area contributed by atoms with Gasteiger partial charge >= 0.3 is 11.6 Å². The highest BCUT2D eigenvalue weighted by Gasteiger charge is 2.17. The van der Waals surface area contributed by atoms with Crippen LogP contribution in [0, 0.1) is 0 Å². The van der Waals surface area contributed by atoms with Gasteiger partial charge in [0.2, 0.25) is 0 Å². The first-order valence-corrected chi connectivity index (χ1v) is 5.71. The Kier molecular flexibility index (Phi) is 3.81. The van der Waals surface area contributed by atoms with Crippen LogP contribution in [0.5, 0.6) is 0 Å². The summed E-state index contributed by atoms with van der Waals surface area (Å²) in [6.07, 6.45) is -1.73. The van der Waals surface area contributed by atoms with E-state index < -0.39 is 30.2 Å². The first-order chi connectivity index (χ1) is 9.49. The van der Waals surface area contributed by atoms with Gasteiger partial charge in [0.15, 0.2) is 6.10 Å². The minimum absolute atomic E-state index is 0.249. The molecule has 0 aliphatic heterocycles. The molecule has 2 aromatic rings. The lowest BCUT2D eigenvalue weighted by Gasteiger charge is -2.07. The second-order valence-electron chi connectivity index (χ2n) is 4.05. The number of fused-ring (bicyclic) bond motifs is 1. The molecular formula is C13H11NO6. The molecule has 0 saturated carbocycles. The molecule has 1 aromatic heterocycles. The molecule has 0 saturated heterocycles. The first kappa shape index (κ1) is 13.8. The number of aliphatic hydroxyl groups excluding tert-OH is 1. The molecule has 20 heavy (non-hydrogen) atoms. The van der Waals surface area contributed by atoms with Gasteiger partial charge in [0.25, 0.3) is 5.91 Å². The zero-order valence-electron chi connectivity index (χ0n) is 10.2. The monoisotopic (exact) mass is 277 g/mol. The molecule has 0 aliphatic carbocycles. The van der Waals surface area contributed by atoms with E-state index in [9.17, 15) is 14.4 Å². The quantitative estimate of drug-likeness (QED) is 0.675. The number of hydrogen-bond donors (Lipinski definition) is 3. The molecule has 0 fully saturated rings. The van der Waals surface area contributed by atoms with Gasteiger partial charge in [0.05, 0.1) is 6.54 Å². The summed E-state index contributed by atoms with van der Waals surface area (Å²) in [6.45, 7) is -0.500. The Balaban J connectivity index is 2.24. The molecule has 1 atom stereocenters. The lowest BCUT2D eigenvalue weighted by Crippen LogP contribution is -2.38. The number of aliphatic hydroxyl groups is 1. The predicted molar refractivity (Wildman–Crippen MR) is 68.5 cm³/mol. The average molecular weight is 277 g/mol. The predicted octanol–water partition coefficient (Wildman–Crippen LogP) is -0.0317. The molecule has 0 radical (unpaired) electrons. The Labute approximate surface area is 112 Å². The molecule has 0 aliphatic rings. The van der Waals surface area contributed by atoms with Gasteiger partial charge in [-0.25, -0.2) is 9.59 Å². The zero-order chi connectivity index (χ0) is 14.7. The lowest BCUT2D eigenvalue weighted by atomic mass is 10.2. The highest BCUT2D eigenvalue weighted by Crippen LogP contribution is 2.12. The maximum Gasteiger partial charge on any atom is 0.349 e. The van der Waals surface area contributed by atoms with Crippen molar-refractivity contribution in [2.75, 3.05) is 6.54 Å². The summed E-state index contributed by atoms with van der Waals surface area (Å²) >= 11 is 0. The van der Waals surface area contributed by atoms with Crippen molar-refractivity contribution >= 4 is 22.8 Å². The zero-order valence-corrected chi connectivity index (χ0v) is 10.2. The van der Waals surface area contributed by atoms with Crippen LogP contribution in [0.3, 0.4) is 0 Å². The molecular weight excluding hydrogens is 266 g/mol. The van der Waals surface area contributed by atoms with Crippen LogP contribution in [-0.2, 0) is 4.79 Å². The summed E-state index contributed by atoms with van der Waals surface area (Å²) in [4.78, 5) is 33.8. The maximum atomic E-state index is 11.8. The van der Waals surface area contributed by atoms with Crippen molar-refractivity contribution in [3.63, 3.8) is 0 Å². The Morgan fingerprint density at radius 1 is 1.30 bits per heavy atom. The Morgan fingerprint density at radius 3 is 2.70 bits per heavy atom. The van der Waals surface area contributed by atoms with E-state index in [0.717, 1.165) is 0 Å². The SMILES string of the molecule is O=C(NC[C@H](O)C(=O)O)c1cc2ccccc2oc1=O. The number of hydrogen-bond acceptors (Lipinski definition) is 5. The van der Waals surface area contributed by atoms with E-state index in [0.29, 0.717) is 11.0 Å². The van der Waals surface area contributed by atoms with Gasteiger partial charge in [-0.05, 0) is 12.1 Å². The number of carbonyl (C=O) groups excluding carboxylic acids is 1. The Bertz CT molecular complexity index is 720. The molecule has 104 valence electrons. The topological polar surface area (TPSA) is 117 Å². The minimum Gasteiger partial charge on any atom is -0.479 e. The van der Waals surface area contributed by atoms with Gasteiger partial charge in [-0.3, -0.25) is 4.79 Å². The van der Waals surface area contributed by atoms with Crippen molar-refractivity contribution in [1.82, 2.24) is 5.32 Å². The molecule has 2 rings (SSSR count). The molecule has 1 heterocycles. The summed E-state index contributed by atoms with van der Waals surface area (Å²) in [5.41, 5.74) is -0.730. The standard InChI is InChI=1S/C13H11NO6/c15-9(12(17)18)6-14-11(16)8-5-7-3-1-2-4-10(7)20-13(8)19/h1-5,9,15H,6H2,(H,14,16)(H,17,18)/t9-/m0/s1. The Hall–Kier alpha value is -2.67. The fourth-order valence-corrected chi connectivity index (χ4v) is 1.59. The normalized spacial score (nSPS) is 12.1. The molecule has 7 heteroatoms. The van der Waals surface area contributed by atoms with E-state index in [4.69, 9.17) is 14.6 Å². The van der Waals surface area contributed by atoms with Crippen LogP contribution >= 0.6 is 0 Å². The summed E-state index contributed by atoms with van der Waals surface area (Å²) in [5.74, 6) is -2.26. The Morgan fingerprint density at radius 2 is 2.00 bits per heavy atom. The van der Waals surface area contributed by atoms with Crippen LogP contribution in [0.25, 0.3) is 11.0 Å². The van der Waals surface area contributed by atoms with E-state index in [1.165, 1.54) is 6.07 Å². The number of aliphatic carboxylic acids is 1. The first-order valence-electron chi connectivity index (χ1n) is 5.71. The molecule has 3 N–H and O–H groups in total. The van der Waals surface area contributed by atoms with Crippen LogP contribution in [0.4, 0.5) is 0 Å². The highest BCUT2D eigenvalue weighted by atomic mass is 16.4.